The van der Waals surface area contributed by atoms with Crippen molar-refractivity contribution in [2.24, 2.45) is 0 Å². The third-order valence-electron chi connectivity index (χ3n) is 3.61. The van der Waals surface area contributed by atoms with Gasteiger partial charge in [-0.05, 0) is 35.9 Å². The fourth-order valence-electron chi connectivity index (χ4n) is 2.21. The first-order valence-electron chi connectivity index (χ1n) is 7.85. The van der Waals surface area contributed by atoms with Gasteiger partial charge in [-0.15, -0.1) is 0 Å². The van der Waals surface area contributed by atoms with E-state index in [2.05, 4.69) is 4.74 Å². The molecule has 0 saturated carbocycles. The lowest BCUT2D eigenvalue weighted by Crippen LogP contribution is -2.10. The molecule has 0 aliphatic heterocycles. The van der Waals surface area contributed by atoms with E-state index in [1.54, 1.807) is 6.07 Å². The van der Waals surface area contributed by atoms with Gasteiger partial charge in [0.05, 0.1) is 24.7 Å². The fourth-order valence-corrected chi connectivity index (χ4v) is 2.40. The van der Waals surface area contributed by atoms with Crippen LogP contribution in [-0.4, -0.2) is 31.1 Å². The van der Waals surface area contributed by atoms with Gasteiger partial charge in [-0.3, -0.25) is 10.1 Å². The van der Waals surface area contributed by atoms with Gasteiger partial charge in [0.2, 0.25) is 0 Å². The zero-order valence-electron chi connectivity index (χ0n) is 15.2. The lowest BCUT2D eigenvalue weighted by atomic mass is 10.1. The molecule has 0 aliphatic carbocycles. The number of methoxy groups -OCH3 is 2. The first-order chi connectivity index (χ1) is 13.8. The Kier molecular flexibility index (Phi) is 6.89. The van der Waals surface area contributed by atoms with Crippen molar-refractivity contribution in [3.8, 4) is 17.6 Å². The van der Waals surface area contributed by atoms with Crippen LogP contribution in [0.4, 0.5) is 5.69 Å². The largest absolute Gasteiger partial charge is 0.493 e. The second-order valence-corrected chi connectivity index (χ2v) is 5.79. The molecule has 29 heavy (non-hydrogen) atoms. The molecule has 0 fully saturated rings. The number of halogens is 1. The molecule has 2 aromatic rings. The molecule has 0 atom stereocenters. The SMILES string of the molecule is COC(=O)/C(C#N)=C/c1ccc(OC(=O)c2ccc(Cl)c([N+](=O)[O-])c2)c(OC)c1. The number of hydrogen-bond donors (Lipinski definition) is 0. The lowest BCUT2D eigenvalue weighted by molar-refractivity contribution is -0.384. The third kappa shape index (κ3) is 5.09. The Bertz CT molecular complexity index is 1060. The van der Waals surface area contributed by atoms with E-state index in [9.17, 15) is 19.7 Å². The van der Waals surface area contributed by atoms with Gasteiger partial charge in [-0.2, -0.15) is 5.26 Å². The number of hydrogen-bond acceptors (Lipinski definition) is 8. The number of benzene rings is 2. The lowest BCUT2D eigenvalue weighted by Gasteiger charge is -2.10. The minimum absolute atomic E-state index is 0.0313. The number of nitrogens with zero attached hydrogens (tertiary/aromatic N) is 2. The molecule has 148 valence electrons. The maximum Gasteiger partial charge on any atom is 0.348 e. The van der Waals surface area contributed by atoms with E-state index in [-0.39, 0.29) is 27.7 Å². The molecule has 0 spiro atoms. The molecule has 2 rings (SSSR count). The summed E-state index contributed by atoms with van der Waals surface area (Å²) >= 11 is 5.73. The molecule has 0 saturated heterocycles. The van der Waals surface area contributed by atoms with Crippen LogP contribution in [-0.2, 0) is 9.53 Å². The molecule has 10 heteroatoms. The number of nitriles is 1. The van der Waals surface area contributed by atoms with Crippen molar-refractivity contribution in [2.45, 2.75) is 0 Å². The van der Waals surface area contributed by atoms with Crippen molar-refractivity contribution < 1.29 is 28.7 Å². The topological polar surface area (TPSA) is 129 Å². The van der Waals surface area contributed by atoms with Gasteiger partial charge in [0, 0.05) is 6.07 Å². The van der Waals surface area contributed by atoms with Crippen LogP contribution in [0.25, 0.3) is 6.08 Å². The number of nitro groups is 1. The number of nitro benzene ring substituents is 1. The highest BCUT2D eigenvalue weighted by Crippen LogP contribution is 2.31. The summed E-state index contributed by atoms with van der Waals surface area (Å²) in [6.07, 6.45) is 1.28. The first kappa shape index (κ1) is 21.4. The number of carbonyl (C=O) groups is 2. The van der Waals surface area contributed by atoms with Crippen LogP contribution in [0.3, 0.4) is 0 Å². The summed E-state index contributed by atoms with van der Waals surface area (Å²) in [5.41, 5.74) is -0.316. The van der Waals surface area contributed by atoms with E-state index in [1.165, 1.54) is 43.5 Å². The zero-order valence-corrected chi connectivity index (χ0v) is 15.9. The predicted octanol–water partition coefficient (Wildman–Crippen LogP) is 3.56. The monoisotopic (exact) mass is 416 g/mol. The van der Waals surface area contributed by atoms with E-state index in [0.29, 0.717) is 5.56 Å². The number of esters is 2. The predicted molar refractivity (Wildman–Crippen MR) is 102 cm³/mol. The molecular formula is C19H13ClN2O7. The van der Waals surface area contributed by atoms with Gasteiger partial charge in [-0.25, -0.2) is 9.59 Å². The Balaban J connectivity index is 2.32. The van der Waals surface area contributed by atoms with Crippen LogP contribution in [0.5, 0.6) is 11.5 Å². The van der Waals surface area contributed by atoms with E-state index in [0.717, 1.165) is 13.2 Å². The minimum atomic E-state index is -0.862. The van der Waals surface area contributed by atoms with Gasteiger partial charge in [-0.1, -0.05) is 17.7 Å². The maximum absolute atomic E-state index is 12.3. The summed E-state index contributed by atoms with van der Waals surface area (Å²) in [5.74, 6) is -1.49. The fraction of sp³-hybridized carbons (Fsp3) is 0.105. The Morgan fingerprint density at radius 3 is 2.48 bits per heavy atom. The van der Waals surface area contributed by atoms with Crippen molar-refractivity contribution in [3.05, 3.63) is 68.2 Å². The summed E-state index contributed by atoms with van der Waals surface area (Å²) < 4.78 is 14.9. The summed E-state index contributed by atoms with van der Waals surface area (Å²) in [6, 6.07) is 9.54. The van der Waals surface area contributed by atoms with Crippen LogP contribution in [0.15, 0.2) is 42.0 Å². The molecule has 0 heterocycles. The summed E-state index contributed by atoms with van der Waals surface area (Å²) in [5, 5.41) is 19.9. The minimum Gasteiger partial charge on any atom is -0.493 e. The average molecular weight is 417 g/mol. The summed E-state index contributed by atoms with van der Waals surface area (Å²) in [4.78, 5) is 34.1. The van der Waals surface area contributed by atoms with Gasteiger partial charge < -0.3 is 14.2 Å². The molecule has 0 amide bonds. The number of rotatable bonds is 6. The molecule has 0 N–H and O–H groups in total. The van der Waals surface area contributed by atoms with Crippen molar-refractivity contribution in [2.75, 3.05) is 14.2 Å². The van der Waals surface area contributed by atoms with Gasteiger partial charge in [0.1, 0.15) is 16.7 Å². The van der Waals surface area contributed by atoms with Crippen molar-refractivity contribution in [3.63, 3.8) is 0 Å². The van der Waals surface area contributed by atoms with Crippen LogP contribution in [0.2, 0.25) is 5.02 Å². The Morgan fingerprint density at radius 1 is 1.17 bits per heavy atom. The van der Waals surface area contributed by atoms with Gasteiger partial charge in [0.25, 0.3) is 5.69 Å². The second-order valence-electron chi connectivity index (χ2n) is 5.38. The highest BCUT2D eigenvalue weighted by molar-refractivity contribution is 6.32. The highest BCUT2D eigenvalue weighted by atomic mass is 35.5. The molecule has 0 aromatic heterocycles. The third-order valence-corrected chi connectivity index (χ3v) is 3.93. The quantitative estimate of drug-likeness (QED) is 0.174. The van der Waals surface area contributed by atoms with Crippen molar-refractivity contribution in [1.29, 1.82) is 5.26 Å². The molecule has 0 bridgehead atoms. The average Bonchev–Trinajstić information content (AvgIpc) is 2.72. The Labute approximate surface area is 169 Å². The van der Waals surface area contributed by atoms with E-state index >= 15 is 0 Å². The number of carbonyl (C=O) groups excluding carboxylic acids is 2. The molecule has 0 unspecified atom stereocenters. The molecule has 0 aliphatic rings. The zero-order chi connectivity index (χ0) is 21.6. The molecule has 2 aromatic carbocycles. The van der Waals surface area contributed by atoms with Gasteiger partial charge >= 0.3 is 11.9 Å². The number of ether oxygens (including phenoxy) is 3. The molecule has 0 radical (unpaired) electrons. The van der Waals surface area contributed by atoms with Crippen LogP contribution in [0.1, 0.15) is 15.9 Å². The van der Waals surface area contributed by atoms with Crippen molar-refractivity contribution >= 4 is 35.3 Å². The van der Waals surface area contributed by atoms with E-state index < -0.39 is 22.5 Å². The smallest absolute Gasteiger partial charge is 0.348 e. The molecule has 9 nitrogen and oxygen atoms in total. The highest BCUT2D eigenvalue weighted by Gasteiger charge is 2.19. The van der Waals surface area contributed by atoms with Crippen LogP contribution < -0.4 is 9.47 Å². The van der Waals surface area contributed by atoms with E-state index in [4.69, 9.17) is 26.3 Å². The molecular weight excluding hydrogens is 404 g/mol. The van der Waals surface area contributed by atoms with Crippen molar-refractivity contribution in [1.82, 2.24) is 0 Å². The normalized spacial score (nSPS) is 10.6. The van der Waals surface area contributed by atoms with Crippen LogP contribution in [0, 0.1) is 21.4 Å². The first-order valence-corrected chi connectivity index (χ1v) is 8.22. The Hall–Kier alpha value is -3.90. The van der Waals surface area contributed by atoms with Gasteiger partial charge in [0.15, 0.2) is 11.5 Å². The second kappa shape index (κ2) is 9.34. The maximum atomic E-state index is 12.3. The standard InChI is InChI=1S/C19H13ClN2O7/c1-27-17-8-11(7-13(10-21)18(23)28-2)3-6-16(17)29-19(24)12-4-5-14(20)15(9-12)22(25)26/h3-9H,1-2H3/b13-7+. The Morgan fingerprint density at radius 2 is 1.90 bits per heavy atom. The van der Waals surface area contributed by atoms with Crippen LogP contribution >= 0.6 is 11.6 Å². The summed E-state index contributed by atoms with van der Waals surface area (Å²) in [7, 11) is 2.48. The van der Waals surface area contributed by atoms with E-state index in [1.807, 2.05) is 0 Å². The summed E-state index contributed by atoms with van der Waals surface area (Å²) in [6.45, 7) is 0.